The summed E-state index contributed by atoms with van der Waals surface area (Å²) in [5.41, 5.74) is 0.490. The number of aliphatic hydroxyl groups is 1. The third kappa shape index (κ3) is 4.01. The Balaban J connectivity index is 1.35. The normalized spacial score (nSPS) is 26.2. The van der Waals surface area contributed by atoms with Crippen LogP contribution in [0.1, 0.15) is 34.2 Å². The first-order valence-electron chi connectivity index (χ1n) is 10.4. The van der Waals surface area contributed by atoms with Crippen molar-refractivity contribution in [3.8, 4) is 0 Å². The van der Waals surface area contributed by atoms with Gasteiger partial charge in [0.1, 0.15) is 18.3 Å². The van der Waals surface area contributed by atoms with Crippen molar-refractivity contribution < 1.29 is 24.2 Å². The van der Waals surface area contributed by atoms with Crippen LogP contribution in [0, 0.1) is 11.8 Å². The lowest BCUT2D eigenvalue weighted by atomic mass is 9.91. The van der Waals surface area contributed by atoms with E-state index in [-0.39, 0.29) is 29.9 Å². The molecule has 0 radical (unpaired) electrons. The average molecular weight is 435 g/mol. The summed E-state index contributed by atoms with van der Waals surface area (Å²) in [6, 6.07) is 18.9. The molecule has 1 saturated carbocycles. The molecular weight excluding hydrogens is 412 g/mol. The minimum Gasteiger partial charge on any atom is -0.462 e. The largest absolute Gasteiger partial charge is 0.462 e. The standard InChI is InChI=1S/C25H22O5S/c26-19(23-12-16-8-4-5-9-22(16)31-23)11-10-17-18-13-24(27)29-21(18)14-20(17)30-25(28)15-6-2-1-3-7-15/h1-12,17-21,26H,13-14H2/b11-10+/t17-,18-,19-,20-,21+/m1/s1. The molecule has 0 unspecified atom stereocenters. The number of esters is 2. The number of ether oxygens (including phenoxy) is 2. The molecule has 1 aliphatic carbocycles. The molecular formula is C25H22O5S. The van der Waals surface area contributed by atoms with E-state index in [4.69, 9.17) is 9.47 Å². The fourth-order valence-corrected chi connectivity index (χ4v) is 5.58. The Kier molecular flexibility index (Phi) is 5.34. The topological polar surface area (TPSA) is 72.8 Å². The van der Waals surface area contributed by atoms with E-state index >= 15 is 0 Å². The smallest absolute Gasteiger partial charge is 0.338 e. The summed E-state index contributed by atoms with van der Waals surface area (Å²) in [6.07, 6.45) is 2.99. The zero-order valence-electron chi connectivity index (χ0n) is 16.7. The van der Waals surface area contributed by atoms with Crippen LogP contribution >= 0.6 is 11.3 Å². The van der Waals surface area contributed by atoms with E-state index in [0.717, 1.165) is 15.0 Å². The van der Waals surface area contributed by atoms with Crippen molar-refractivity contribution in [1.29, 1.82) is 0 Å². The van der Waals surface area contributed by atoms with Crippen LogP contribution < -0.4 is 0 Å². The minimum absolute atomic E-state index is 0.0491. The number of thiophene rings is 1. The van der Waals surface area contributed by atoms with Gasteiger partial charge in [-0.3, -0.25) is 4.79 Å². The lowest BCUT2D eigenvalue weighted by Gasteiger charge is -2.20. The number of hydrogen-bond donors (Lipinski definition) is 1. The second kappa shape index (κ2) is 8.29. The predicted molar refractivity (Wildman–Crippen MR) is 118 cm³/mol. The Labute approximate surface area is 183 Å². The molecule has 2 aliphatic rings. The Morgan fingerprint density at radius 3 is 2.74 bits per heavy atom. The summed E-state index contributed by atoms with van der Waals surface area (Å²) in [6.45, 7) is 0. The van der Waals surface area contributed by atoms with Crippen molar-refractivity contribution in [1.82, 2.24) is 0 Å². The molecule has 5 atom stereocenters. The molecule has 1 aromatic heterocycles. The fourth-order valence-electron chi connectivity index (χ4n) is 4.55. The zero-order valence-corrected chi connectivity index (χ0v) is 17.5. The molecule has 2 aromatic carbocycles. The molecule has 5 nitrogen and oxygen atoms in total. The number of aliphatic hydroxyl groups excluding tert-OH is 1. The number of fused-ring (bicyclic) bond motifs is 2. The average Bonchev–Trinajstić information content (AvgIpc) is 3.45. The fraction of sp³-hybridized carbons (Fsp3) is 0.280. The van der Waals surface area contributed by atoms with Gasteiger partial charge < -0.3 is 14.6 Å². The highest BCUT2D eigenvalue weighted by atomic mass is 32.1. The minimum atomic E-state index is -0.764. The summed E-state index contributed by atoms with van der Waals surface area (Å²) in [5.74, 6) is -0.841. The van der Waals surface area contributed by atoms with Crippen LogP contribution in [0.25, 0.3) is 10.1 Å². The maximum absolute atomic E-state index is 12.6. The van der Waals surface area contributed by atoms with Crippen molar-refractivity contribution in [3.05, 3.63) is 83.3 Å². The number of hydrogen-bond acceptors (Lipinski definition) is 6. The number of rotatable bonds is 5. The molecule has 3 aromatic rings. The first kappa shape index (κ1) is 20.0. The molecule has 2 fully saturated rings. The van der Waals surface area contributed by atoms with Crippen LogP contribution in [0.15, 0.2) is 72.8 Å². The monoisotopic (exact) mass is 434 g/mol. The van der Waals surface area contributed by atoms with Gasteiger partial charge in [0, 0.05) is 27.8 Å². The molecule has 2 heterocycles. The molecule has 1 saturated heterocycles. The highest BCUT2D eigenvalue weighted by molar-refractivity contribution is 7.19. The second-order valence-electron chi connectivity index (χ2n) is 8.04. The number of carbonyl (C=O) groups is 2. The highest BCUT2D eigenvalue weighted by Crippen LogP contribution is 2.44. The molecule has 31 heavy (non-hydrogen) atoms. The van der Waals surface area contributed by atoms with Crippen LogP contribution in [-0.2, 0) is 14.3 Å². The van der Waals surface area contributed by atoms with Gasteiger partial charge in [0.25, 0.3) is 0 Å². The van der Waals surface area contributed by atoms with Gasteiger partial charge >= 0.3 is 11.9 Å². The molecule has 1 N–H and O–H groups in total. The maximum atomic E-state index is 12.6. The van der Waals surface area contributed by atoms with Gasteiger partial charge in [-0.05, 0) is 29.7 Å². The van der Waals surface area contributed by atoms with Gasteiger partial charge in [-0.25, -0.2) is 4.79 Å². The van der Waals surface area contributed by atoms with E-state index in [2.05, 4.69) is 0 Å². The highest BCUT2D eigenvalue weighted by Gasteiger charge is 2.50. The van der Waals surface area contributed by atoms with Crippen LogP contribution in [0.2, 0.25) is 0 Å². The van der Waals surface area contributed by atoms with E-state index < -0.39 is 12.2 Å². The quantitative estimate of drug-likeness (QED) is 0.467. The summed E-state index contributed by atoms with van der Waals surface area (Å²) < 4.78 is 12.4. The van der Waals surface area contributed by atoms with Crippen molar-refractivity contribution in [2.75, 3.05) is 0 Å². The molecule has 5 rings (SSSR count). The van der Waals surface area contributed by atoms with Gasteiger partial charge in [0.05, 0.1) is 12.0 Å². The van der Waals surface area contributed by atoms with Crippen LogP contribution in [0.4, 0.5) is 0 Å². The van der Waals surface area contributed by atoms with Crippen LogP contribution in [0.5, 0.6) is 0 Å². The van der Waals surface area contributed by atoms with Gasteiger partial charge in [0.2, 0.25) is 0 Å². The first-order chi connectivity index (χ1) is 15.1. The van der Waals surface area contributed by atoms with E-state index in [1.54, 1.807) is 41.7 Å². The lowest BCUT2D eigenvalue weighted by molar-refractivity contribution is -0.141. The summed E-state index contributed by atoms with van der Waals surface area (Å²) in [4.78, 5) is 25.2. The van der Waals surface area contributed by atoms with Gasteiger partial charge in [0.15, 0.2) is 0 Å². The Morgan fingerprint density at radius 2 is 1.94 bits per heavy atom. The van der Waals surface area contributed by atoms with Crippen molar-refractivity contribution in [3.63, 3.8) is 0 Å². The molecule has 0 bridgehead atoms. The third-order valence-electron chi connectivity index (χ3n) is 6.07. The summed E-state index contributed by atoms with van der Waals surface area (Å²) in [5, 5.41) is 11.8. The summed E-state index contributed by atoms with van der Waals surface area (Å²) in [7, 11) is 0. The SMILES string of the molecule is O=C1C[C@@H]2[C@@H](/C=C/[C@@H](O)c3cc4ccccc4s3)[C@H](OC(=O)c3ccccc3)C[C@@H]2O1. The van der Waals surface area contributed by atoms with E-state index in [0.29, 0.717) is 18.4 Å². The first-order valence-corrected chi connectivity index (χ1v) is 11.2. The van der Waals surface area contributed by atoms with Crippen molar-refractivity contribution >= 4 is 33.4 Å². The van der Waals surface area contributed by atoms with Gasteiger partial charge in [-0.2, -0.15) is 0 Å². The number of benzene rings is 2. The van der Waals surface area contributed by atoms with E-state index in [9.17, 15) is 14.7 Å². The molecule has 0 spiro atoms. The second-order valence-corrected chi connectivity index (χ2v) is 9.15. The van der Waals surface area contributed by atoms with Crippen LogP contribution in [-0.4, -0.2) is 29.3 Å². The Bertz CT molecular complexity index is 1100. The van der Waals surface area contributed by atoms with E-state index in [1.807, 2.05) is 42.5 Å². The zero-order chi connectivity index (χ0) is 21.4. The molecule has 6 heteroatoms. The lowest BCUT2D eigenvalue weighted by Crippen LogP contribution is -2.24. The van der Waals surface area contributed by atoms with Crippen molar-refractivity contribution in [2.45, 2.75) is 31.2 Å². The number of carbonyl (C=O) groups excluding carboxylic acids is 2. The Morgan fingerprint density at radius 1 is 1.16 bits per heavy atom. The van der Waals surface area contributed by atoms with Crippen LogP contribution in [0.3, 0.4) is 0 Å². The molecule has 158 valence electrons. The van der Waals surface area contributed by atoms with Crippen molar-refractivity contribution in [2.24, 2.45) is 11.8 Å². The predicted octanol–water partition coefficient (Wildman–Crippen LogP) is 4.67. The maximum Gasteiger partial charge on any atom is 0.338 e. The van der Waals surface area contributed by atoms with Gasteiger partial charge in [-0.1, -0.05) is 48.6 Å². The summed E-state index contributed by atoms with van der Waals surface area (Å²) >= 11 is 1.55. The molecule has 0 amide bonds. The van der Waals surface area contributed by atoms with E-state index in [1.165, 1.54) is 0 Å². The van der Waals surface area contributed by atoms with Gasteiger partial charge in [-0.15, -0.1) is 11.3 Å². The third-order valence-corrected chi connectivity index (χ3v) is 7.26. The Hall–Kier alpha value is -2.96. The molecule has 1 aliphatic heterocycles.